The molecule has 0 aromatic carbocycles. The molecule has 0 radical (unpaired) electrons. The molecule has 1 aromatic rings. The van der Waals surface area contributed by atoms with Crippen LogP contribution in [0.15, 0.2) is 16.7 Å². The molecule has 0 N–H and O–H groups in total. The molecule has 2 rings (SSSR count). The van der Waals surface area contributed by atoms with E-state index in [-0.39, 0.29) is 0 Å². The van der Waals surface area contributed by atoms with E-state index in [4.69, 9.17) is 5.26 Å². The lowest BCUT2D eigenvalue weighted by Gasteiger charge is -2.21. The number of pyridine rings is 1. The number of nitriles is 1. The van der Waals surface area contributed by atoms with Gasteiger partial charge in [-0.3, -0.25) is 0 Å². The van der Waals surface area contributed by atoms with Crippen LogP contribution in [0.4, 0.5) is 0 Å². The Kier molecular flexibility index (Phi) is 3.95. The van der Waals surface area contributed by atoms with Gasteiger partial charge >= 0.3 is 0 Å². The van der Waals surface area contributed by atoms with Crippen LogP contribution in [-0.4, -0.2) is 4.98 Å². The maximum absolute atomic E-state index is 8.79. The zero-order valence-corrected chi connectivity index (χ0v) is 10.8. The van der Waals surface area contributed by atoms with Gasteiger partial charge in [-0.1, -0.05) is 32.1 Å². The Morgan fingerprint density at radius 3 is 2.75 bits per heavy atom. The van der Waals surface area contributed by atoms with Crippen molar-refractivity contribution in [3.63, 3.8) is 0 Å². The Labute approximate surface area is 105 Å². The predicted molar refractivity (Wildman–Crippen MR) is 66.9 cm³/mol. The SMILES string of the molecule is N#Cc1ncc(CC2CCCCC2)cc1Br. The molecule has 1 fully saturated rings. The van der Waals surface area contributed by atoms with Crippen molar-refractivity contribution < 1.29 is 0 Å². The maximum atomic E-state index is 8.79. The Morgan fingerprint density at radius 2 is 2.12 bits per heavy atom. The van der Waals surface area contributed by atoms with Crippen molar-refractivity contribution in [2.24, 2.45) is 5.92 Å². The fourth-order valence-electron chi connectivity index (χ4n) is 2.40. The Bertz CT molecular complexity index is 403. The Morgan fingerprint density at radius 1 is 1.38 bits per heavy atom. The maximum Gasteiger partial charge on any atom is 0.154 e. The molecule has 0 aliphatic heterocycles. The molecule has 0 bridgehead atoms. The molecule has 0 spiro atoms. The molecule has 0 unspecified atom stereocenters. The van der Waals surface area contributed by atoms with Crippen LogP contribution in [0.2, 0.25) is 0 Å². The zero-order valence-electron chi connectivity index (χ0n) is 9.25. The number of halogens is 1. The van der Waals surface area contributed by atoms with E-state index in [0.717, 1.165) is 16.8 Å². The highest BCUT2D eigenvalue weighted by Gasteiger charge is 2.14. The molecule has 2 nitrogen and oxygen atoms in total. The van der Waals surface area contributed by atoms with Crippen molar-refractivity contribution in [3.8, 4) is 6.07 Å². The molecular weight excluding hydrogens is 264 g/mol. The van der Waals surface area contributed by atoms with Gasteiger partial charge in [0.25, 0.3) is 0 Å². The molecule has 1 aliphatic rings. The summed E-state index contributed by atoms with van der Waals surface area (Å²) in [6.07, 6.45) is 9.78. The van der Waals surface area contributed by atoms with Crippen LogP contribution in [0, 0.1) is 17.2 Å². The first-order valence-electron chi connectivity index (χ1n) is 5.84. The van der Waals surface area contributed by atoms with E-state index in [1.165, 1.54) is 37.7 Å². The largest absolute Gasteiger partial charge is 0.244 e. The smallest absolute Gasteiger partial charge is 0.154 e. The van der Waals surface area contributed by atoms with E-state index in [1.54, 1.807) is 0 Å². The van der Waals surface area contributed by atoms with Gasteiger partial charge in [0.05, 0.1) is 4.47 Å². The normalized spacial score (nSPS) is 17.0. The van der Waals surface area contributed by atoms with Crippen LogP contribution in [0.5, 0.6) is 0 Å². The summed E-state index contributed by atoms with van der Waals surface area (Å²) in [4.78, 5) is 4.15. The van der Waals surface area contributed by atoms with E-state index >= 15 is 0 Å². The second-order valence-electron chi connectivity index (χ2n) is 4.49. The first kappa shape index (κ1) is 11.6. The zero-order chi connectivity index (χ0) is 11.4. The third kappa shape index (κ3) is 2.82. The summed E-state index contributed by atoms with van der Waals surface area (Å²) < 4.78 is 0.823. The topological polar surface area (TPSA) is 36.7 Å². The number of hydrogen-bond donors (Lipinski definition) is 0. The summed E-state index contributed by atoms with van der Waals surface area (Å²) >= 11 is 3.39. The van der Waals surface area contributed by atoms with Gasteiger partial charge < -0.3 is 0 Å². The molecule has 1 heterocycles. The second kappa shape index (κ2) is 5.45. The lowest BCUT2D eigenvalue weighted by molar-refractivity contribution is 0.356. The molecule has 84 valence electrons. The van der Waals surface area contributed by atoms with Gasteiger partial charge in [-0.15, -0.1) is 0 Å². The average Bonchev–Trinajstić information content (AvgIpc) is 2.31. The van der Waals surface area contributed by atoms with E-state index in [2.05, 4.69) is 27.0 Å². The first-order chi connectivity index (χ1) is 7.79. The molecule has 0 atom stereocenters. The monoisotopic (exact) mass is 278 g/mol. The second-order valence-corrected chi connectivity index (χ2v) is 5.35. The molecule has 0 amide bonds. The molecular formula is C13H15BrN2. The third-order valence-corrected chi connectivity index (χ3v) is 3.86. The van der Waals surface area contributed by atoms with Gasteiger partial charge in [-0.2, -0.15) is 5.26 Å². The summed E-state index contributed by atoms with van der Waals surface area (Å²) in [6.45, 7) is 0. The molecule has 16 heavy (non-hydrogen) atoms. The highest BCUT2D eigenvalue weighted by molar-refractivity contribution is 9.10. The molecule has 3 heteroatoms. The third-order valence-electron chi connectivity index (χ3n) is 3.25. The fraction of sp³-hybridized carbons (Fsp3) is 0.538. The first-order valence-corrected chi connectivity index (χ1v) is 6.63. The van der Waals surface area contributed by atoms with Crippen LogP contribution in [0.1, 0.15) is 43.4 Å². The minimum Gasteiger partial charge on any atom is -0.244 e. The Hall–Kier alpha value is -0.880. The van der Waals surface area contributed by atoms with Gasteiger partial charge in [0.15, 0.2) is 5.69 Å². The van der Waals surface area contributed by atoms with Crippen molar-refractivity contribution in [1.82, 2.24) is 4.98 Å². The molecule has 1 aliphatic carbocycles. The summed E-state index contributed by atoms with van der Waals surface area (Å²) in [5.74, 6) is 0.815. The Balaban J connectivity index is 2.04. The number of nitrogens with zero attached hydrogens (tertiary/aromatic N) is 2. The quantitative estimate of drug-likeness (QED) is 0.824. The van der Waals surface area contributed by atoms with Crippen LogP contribution >= 0.6 is 15.9 Å². The summed E-state index contributed by atoms with van der Waals surface area (Å²) in [5, 5.41) is 8.79. The molecule has 1 saturated carbocycles. The standard InChI is InChI=1S/C13H15BrN2/c14-12-7-11(9-16-13(12)8-15)6-10-4-2-1-3-5-10/h7,9-10H,1-6H2. The fourth-order valence-corrected chi connectivity index (χ4v) is 2.88. The lowest BCUT2D eigenvalue weighted by Crippen LogP contribution is -2.09. The van der Waals surface area contributed by atoms with Crippen LogP contribution in [0.25, 0.3) is 0 Å². The average molecular weight is 279 g/mol. The minimum atomic E-state index is 0.479. The predicted octanol–water partition coefficient (Wildman–Crippen LogP) is 3.84. The minimum absolute atomic E-state index is 0.479. The van der Waals surface area contributed by atoms with Crippen molar-refractivity contribution in [2.45, 2.75) is 38.5 Å². The van der Waals surface area contributed by atoms with Crippen LogP contribution < -0.4 is 0 Å². The summed E-state index contributed by atoms with van der Waals surface area (Å²) in [5.41, 5.74) is 1.73. The summed E-state index contributed by atoms with van der Waals surface area (Å²) in [7, 11) is 0. The summed E-state index contributed by atoms with van der Waals surface area (Å²) in [6, 6.07) is 4.11. The van der Waals surface area contributed by atoms with Gasteiger partial charge in [0.1, 0.15) is 6.07 Å². The molecule has 0 saturated heterocycles. The van der Waals surface area contributed by atoms with Crippen molar-refractivity contribution in [1.29, 1.82) is 5.26 Å². The van der Waals surface area contributed by atoms with E-state index in [1.807, 2.05) is 12.3 Å². The van der Waals surface area contributed by atoms with E-state index in [0.29, 0.717) is 5.69 Å². The molecule has 1 aromatic heterocycles. The number of rotatable bonds is 2. The van der Waals surface area contributed by atoms with Gasteiger partial charge in [-0.25, -0.2) is 4.98 Å². The van der Waals surface area contributed by atoms with Gasteiger partial charge in [-0.05, 0) is 39.9 Å². The number of aromatic nitrogens is 1. The highest BCUT2D eigenvalue weighted by Crippen LogP contribution is 2.27. The van der Waals surface area contributed by atoms with Crippen molar-refractivity contribution >= 4 is 15.9 Å². The van der Waals surface area contributed by atoms with Gasteiger partial charge in [0, 0.05) is 6.20 Å². The van der Waals surface area contributed by atoms with Crippen molar-refractivity contribution in [2.75, 3.05) is 0 Å². The van der Waals surface area contributed by atoms with E-state index < -0.39 is 0 Å². The van der Waals surface area contributed by atoms with E-state index in [9.17, 15) is 0 Å². The number of hydrogen-bond acceptors (Lipinski definition) is 2. The van der Waals surface area contributed by atoms with Crippen LogP contribution in [-0.2, 0) is 6.42 Å². The van der Waals surface area contributed by atoms with Crippen LogP contribution in [0.3, 0.4) is 0 Å². The lowest BCUT2D eigenvalue weighted by atomic mass is 9.85. The highest BCUT2D eigenvalue weighted by atomic mass is 79.9. The van der Waals surface area contributed by atoms with Gasteiger partial charge in [0.2, 0.25) is 0 Å². The van der Waals surface area contributed by atoms with Crippen molar-refractivity contribution in [3.05, 3.63) is 28.0 Å².